The Labute approximate surface area is 111 Å². The van der Waals surface area contributed by atoms with Gasteiger partial charge in [0.05, 0.1) is 0 Å². The molecule has 2 aromatic carbocycles. The highest BCUT2D eigenvalue weighted by Crippen LogP contribution is 2.34. The lowest BCUT2D eigenvalue weighted by Gasteiger charge is -2.05. The molecule has 3 heteroatoms. The lowest BCUT2D eigenvalue weighted by Crippen LogP contribution is -1.81. The molecule has 16 heavy (non-hydrogen) atoms. The van der Waals surface area contributed by atoms with Gasteiger partial charge in [-0.2, -0.15) is 0 Å². The van der Waals surface area contributed by atoms with Gasteiger partial charge in [-0.15, -0.1) is 11.3 Å². The molecule has 0 unspecified atom stereocenters. The molecule has 1 heterocycles. The average molecular weight is 312 g/mol. The molecule has 0 aliphatic carbocycles. The molecule has 0 aliphatic rings. The van der Waals surface area contributed by atoms with Gasteiger partial charge in [0.25, 0.3) is 0 Å². The van der Waals surface area contributed by atoms with Crippen molar-refractivity contribution in [3.05, 3.63) is 46.3 Å². The molecule has 0 spiro atoms. The lowest BCUT2D eigenvalue weighted by atomic mass is 10.0. The van der Waals surface area contributed by atoms with Crippen molar-refractivity contribution >= 4 is 59.7 Å². The smallest absolute Gasteiger partial charge is 0.0424 e. The summed E-state index contributed by atoms with van der Waals surface area (Å²) in [5.41, 5.74) is 1.34. The van der Waals surface area contributed by atoms with Crippen molar-refractivity contribution in [1.29, 1.82) is 0 Å². The number of rotatable bonds is 1. The summed E-state index contributed by atoms with van der Waals surface area (Å²) in [5.74, 6) is 0. The molecule has 3 aromatic rings. The molecule has 1 aromatic heterocycles. The van der Waals surface area contributed by atoms with Crippen LogP contribution in [0.2, 0.25) is 5.02 Å². The van der Waals surface area contributed by atoms with Gasteiger partial charge in [-0.05, 0) is 46.0 Å². The molecule has 0 radical (unpaired) electrons. The molecule has 0 saturated carbocycles. The van der Waals surface area contributed by atoms with Crippen LogP contribution < -0.4 is 0 Å². The van der Waals surface area contributed by atoms with Gasteiger partial charge in [0.15, 0.2) is 0 Å². The lowest BCUT2D eigenvalue weighted by molar-refractivity contribution is 1.52. The van der Waals surface area contributed by atoms with E-state index in [0.29, 0.717) is 0 Å². The Morgan fingerprint density at radius 3 is 2.81 bits per heavy atom. The minimum absolute atomic E-state index is 0.800. The zero-order valence-corrected chi connectivity index (χ0v) is 11.5. The number of alkyl halides is 1. The molecule has 0 atom stereocenters. The van der Waals surface area contributed by atoms with Crippen LogP contribution in [0.5, 0.6) is 0 Å². The van der Waals surface area contributed by atoms with Crippen LogP contribution in [-0.2, 0) is 5.33 Å². The first-order valence-corrected chi connectivity index (χ1v) is 7.32. The van der Waals surface area contributed by atoms with Gasteiger partial charge in [-0.1, -0.05) is 33.6 Å². The quantitative estimate of drug-likeness (QED) is 0.513. The highest BCUT2D eigenvalue weighted by atomic mass is 79.9. The Kier molecular flexibility index (Phi) is 2.66. The van der Waals surface area contributed by atoms with Gasteiger partial charge in [-0.25, -0.2) is 0 Å². The first kappa shape index (κ1) is 10.6. The molecule has 0 nitrogen and oxygen atoms in total. The van der Waals surface area contributed by atoms with E-state index in [4.69, 9.17) is 11.6 Å². The fraction of sp³-hybridized carbons (Fsp3) is 0.0769. The minimum atomic E-state index is 0.800. The summed E-state index contributed by atoms with van der Waals surface area (Å²) in [6.45, 7) is 0. The van der Waals surface area contributed by atoms with Gasteiger partial charge in [-0.3, -0.25) is 0 Å². The zero-order valence-electron chi connectivity index (χ0n) is 8.34. The second-order valence-corrected chi connectivity index (χ2v) is 5.61. The van der Waals surface area contributed by atoms with Crippen molar-refractivity contribution in [3.8, 4) is 0 Å². The molecular weight excluding hydrogens is 304 g/mol. The van der Waals surface area contributed by atoms with Crippen molar-refractivity contribution in [2.24, 2.45) is 0 Å². The van der Waals surface area contributed by atoms with Crippen LogP contribution in [0.25, 0.3) is 20.9 Å². The minimum Gasteiger partial charge on any atom is -0.143 e. The molecule has 0 aliphatic heterocycles. The largest absolute Gasteiger partial charge is 0.143 e. The van der Waals surface area contributed by atoms with Gasteiger partial charge >= 0.3 is 0 Å². The second kappa shape index (κ2) is 4.02. The maximum atomic E-state index is 6.06. The van der Waals surface area contributed by atoms with E-state index >= 15 is 0 Å². The number of fused-ring (bicyclic) bond motifs is 3. The summed E-state index contributed by atoms with van der Waals surface area (Å²) in [7, 11) is 0. The van der Waals surface area contributed by atoms with Crippen LogP contribution in [0.1, 0.15) is 5.56 Å². The average Bonchev–Trinajstić information content (AvgIpc) is 2.77. The summed E-state index contributed by atoms with van der Waals surface area (Å²) < 4.78 is 1.33. The van der Waals surface area contributed by atoms with Gasteiger partial charge in [0, 0.05) is 20.4 Å². The third-order valence-electron chi connectivity index (χ3n) is 2.74. The molecule has 3 rings (SSSR count). The normalized spacial score (nSPS) is 11.4. The summed E-state index contributed by atoms with van der Waals surface area (Å²) >= 11 is 11.4. The highest BCUT2D eigenvalue weighted by molar-refractivity contribution is 9.08. The third-order valence-corrected chi connectivity index (χ3v) is 4.53. The molecule has 0 fully saturated rings. The number of hydrogen-bond donors (Lipinski definition) is 0. The Morgan fingerprint density at radius 1 is 1.12 bits per heavy atom. The monoisotopic (exact) mass is 310 g/mol. The predicted molar refractivity (Wildman–Crippen MR) is 77.0 cm³/mol. The fourth-order valence-corrected chi connectivity index (χ4v) is 3.60. The van der Waals surface area contributed by atoms with Crippen molar-refractivity contribution < 1.29 is 0 Å². The summed E-state index contributed by atoms with van der Waals surface area (Å²) in [6, 6.07) is 10.5. The maximum absolute atomic E-state index is 6.06. The Morgan fingerprint density at radius 2 is 2.00 bits per heavy atom. The number of hydrogen-bond acceptors (Lipinski definition) is 1. The summed E-state index contributed by atoms with van der Waals surface area (Å²) in [6.07, 6.45) is 0. The van der Waals surface area contributed by atoms with Gasteiger partial charge < -0.3 is 0 Å². The van der Waals surface area contributed by atoms with Crippen LogP contribution in [0.4, 0.5) is 0 Å². The van der Waals surface area contributed by atoms with Crippen LogP contribution in [0, 0.1) is 0 Å². The van der Waals surface area contributed by atoms with Crippen LogP contribution in [0.15, 0.2) is 35.7 Å². The van der Waals surface area contributed by atoms with E-state index in [1.54, 1.807) is 11.3 Å². The van der Waals surface area contributed by atoms with E-state index in [0.717, 1.165) is 10.4 Å². The Bertz CT molecular complexity index is 672. The SMILES string of the molecule is Clc1ccc2cc(CBr)c3ccsc3c2c1. The van der Waals surface area contributed by atoms with Gasteiger partial charge in [0.1, 0.15) is 0 Å². The number of thiophene rings is 1. The van der Waals surface area contributed by atoms with Crippen LogP contribution >= 0.6 is 38.9 Å². The van der Waals surface area contributed by atoms with E-state index in [1.165, 1.54) is 26.4 Å². The summed E-state index contributed by atoms with van der Waals surface area (Å²) in [4.78, 5) is 0. The first-order valence-electron chi connectivity index (χ1n) is 4.94. The highest BCUT2D eigenvalue weighted by Gasteiger charge is 2.07. The third kappa shape index (κ3) is 1.56. The van der Waals surface area contributed by atoms with E-state index in [9.17, 15) is 0 Å². The van der Waals surface area contributed by atoms with Gasteiger partial charge in [0.2, 0.25) is 0 Å². The van der Waals surface area contributed by atoms with E-state index in [-0.39, 0.29) is 0 Å². The zero-order chi connectivity index (χ0) is 11.1. The topological polar surface area (TPSA) is 0 Å². The Hall–Kier alpha value is -0.570. The van der Waals surface area contributed by atoms with Crippen LogP contribution in [-0.4, -0.2) is 0 Å². The number of halogens is 2. The molecular formula is C13H8BrClS. The Balaban J connectivity index is 2.54. The van der Waals surface area contributed by atoms with E-state index in [2.05, 4.69) is 39.5 Å². The van der Waals surface area contributed by atoms with Crippen LogP contribution in [0.3, 0.4) is 0 Å². The second-order valence-electron chi connectivity index (χ2n) is 3.70. The molecule has 0 N–H and O–H groups in total. The molecule has 0 saturated heterocycles. The van der Waals surface area contributed by atoms with E-state index in [1.807, 2.05) is 12.1 Å². The standard InChI is InChI=1S/C13H8BrClS/c14-7-9-5-8-1-2-10(15)6-12(8)13-11(9)3-4-16-13/h1-6H,7H2. The van der Waals surface area contributed by atoms with Crippen molar-refractivity contribution in [3.63, 3.8) is 0 Å². The number of benzene rings is 2. The van der Waals surface area contributed by atoms with E-state index < -0.39 is 0 Å². The fourth-order valence-electron chi connectivity index (χ4n) is 2.00. The predicted octanol–water partition coefficient (Wildman–Crippen LogP) is 5.60. The van der Waals surface area contributed by atoms with Crippen molar-refractivity contribution in [1.82, 2.24) is 0 Å². The molecule has 80 valence electrons. The summed E-state index contributed by atoms with van der Waals surface area (Å²) in [5, 5.41) is 7.66. The molecule has 0 bridgehead atoms. The van der Waals surface area contributed by atoms with Crippen molar-refractivity contribution in [2.75, 3.05) is 0 Å². The molecule has 0 amide bonds. The van der Waals surface area contributed by atoms with Crippen molar-refractivity contribution in [2.45, 2.75) is 5.33 Å². The first-order chi connectivity index (χ1) is 7.79. The maximum Gasteiger partial charge on any atom is 0.0424 e.